The number of methoxy groups -OCH3 is 1. The van der Waals surface area contributed by atoms with Crippen molar-refractivity contribution in [3.63, 3.8) is 0 Å². The van der Waals surface area contributed by atoms with Crippen molar-refractivity contribution in [1.29, 1.82) is 0 Å². The number of rotatable bonds is 4. The van der Waals surface area contributed by atoms with Crippen LogP contribution in [0.5, 0.6) is 0 Å². The first-order chi connectivity index (χ1) is 12.5. The molecule has 3 rings (SSSR count). The summed E-state index contributed by atoms with van der Waals surface area (Å²) in [7, 11) is 1.39. The van der Waals surface area contributed by atoms with Crippen LogP contribution in [0.3, 0.4) is 0 Å². The Morgan fingerprint density at radius 1 is 1.12 bits per heavy atom. The van der Waals surface area contributed by atoms with Crippen LogP contribution in [0.2, 0.25) is 0 Å². The molecule has 0 aromatic heterocycles. The molecule has 1 amide bonds. The van der Waals surface area contributed by atoms with Crippen molar-refractivity contribution in [3.05, 3.63) is 64.7 Å². The second-order valence-corrected chi connectivity index (χ2v) is 6.76. The van der Waals surface area contributed by atoms with E-state index in [-0.39, 0.29) is 18.4 Å². The molecule has 0 unspecified atom stereocenters. The van der Waals surface area contributed by atoms with Crippen LogP contribution in [-0.2, 0) is 27.3 Å². The molecule has 0 radical (unpaired) electrons. The fourth-order valence-electron chi connectivity index (χ4n) is 3.32. The number of fused-ring (bicyclic) bond motifs is 1. The zero-order chi connectivity index (χ0) is 18.7. The van der Waals surface area contributed by atoms with E-state index in [1.165, 1.54) is 12.7 Å². The molecule has 5 nitrogen and oxygen atoms in total. The van der Waals surface area contributed by atoms with Gasteiger partial charge in [0, 0.05) is 12.2 Å². The summed E-state index contributed by atoms with van der Waals surface area (Å²) in [5, 5.41) is 2.93. The van der Waals surface area contributed by atoms with Crippen molar-refractivity contribution < 1.29 is 14.3 Å². The number of anilines is 1. The Hall–Kier alpha value is -2.66. The third-order valence-electron chi connectivity index (χ3n) is 4.96. The van der Waals surface area contributed by atoms with Crippen LogP contribution < -0.4 is 5.32 Å². The minimum atomic E-state index is -0.444. The summed E-state index contributed by atoms with van der Waals surface area (Å²) in [5.41, 5.74) is 5.36. The summed E-state index contributed by atoms with van der Waals surface area (Å²) in [6.07, 6.45) is 0.555. The third-order valence-corrected chi connectivity index (χ3v) is 4.96. The van der Waals surface area contributed by atoms with Crippen LogP contribution in [0.4, 0.5) is 5.69 Å². The first-order valence-corrected chi connectivity index (χ1v) is 8.73. The highest BCUT2D eigenvalue weighted by atomic mass is 16.5. The first-order valence-electron chi connectivity index (χ1n) is 8.73. The number of benzene rings is 2. The van der Waals surface area contributed by atoms with Gasteiger partial charge in [0.1, 0.15) is 6.04 Å². The van der Waals surface area contributed by atoms with Gasteiger partial charge < -0.3 is 10.1 Å². The summed E-state index contributed by atoms with van der Waals surface area (Å²) in [6.45, 7) is 4.74. The SMILES string of the molecule is COC(=O)[C@H]1Cc2ccccc2CN1CC(=O)Nc1ccc(C)c(C)c1. The molecule has 2 aromatic carbocycles. The lowest BCUT2D eigenvalue weighted by atomic mass is 9.94. The topological polar surface area (TPSA) is 58.6 Å². The van der Waals surface area contributed by atoms with Crippen LogP contribution >= 0.6 is 0 Å². The molecule has 1 heterocycles. The van der Waals surface area contributed by atoms with Crippen LogP contribution in [-0.4, -0.2) is 36.5 Å². The molecule has 1 aliphatic heterocycles. The Balaban J connectivity index is 1.74. The molecule has 0 fully saturated rings. The Bertz CT molecular complexity index is 832. The molecule has 0 aliphatic carbocycles. The molecule has 0 bridgehead atoms. The van der Waals surface area contributed by atoms with Crippen LogP contribution in [0.25, 0.3) is 0 Å². The second kappa shape index (κ2) is 7.70. The van der Waals surface area contributed by atoms with Crippen LogP contribution in [0.1, 0.15) is 22.3 Å². The van der Waals surface area contributed by atoms with Gasteiger partial charge in [-0.3, -0.25) is 14.5 Å². The lowest BCUT2D eigenvalue weighted by Crippen LogP contribution is -2.49. The zero-order valence-electron chi connectivity index (χ0n) is 15.4. The van der Waals surface area contributed by atoms with E-state index in [1.54, 1.807) is 0 Å². The average Bonchev–Trinajstić information content (AvgIpc) is 2.63. The van der Waals surface area contributed by atoms with Crippen molar-refractivity contribution in [2.45, 2.75) is 32.9 Å². The molecule has 5 heteroatoms. The monoisotopic (exact) mass is 352 g/mol. The largest absolute Gasteiger partial charge is 0.468 e. The van der Waals surface area contributed by atoms with Gasteiger partial charge in [0.15, 0.2) is 0 Å². The summed E-state index contributed by atoms with van der Waals surface area (Å²) < 4.78 is 4.95. The summed E-state index contributed by atoms with van der Waals surface area (Å²) in [6, 6.07) is 13.4. The first kappa shape index (κ1) is 18.1. The second-order valence-electron chi connectivity index (χ2n) is 6.76. The number of carbonyl (C=O) groups is 2. The molecular weight excluding hydrogens is 328 g/mol. The van der Waals surface area contributed by atoms with Gasteiger partial charge in [0.05, 0.1) is 13.7 Å². The molecule has 1 aliphatic rings. The number of ether oxygens (including phenoxy) is 1. The fraction of sp³-hybridized carbons (Fsp3) is 0.333. The summed E-state index contributed by atoms with van der Waals surface area (Å²) in [5.74, 6) is -0.444. The van der Waals surface area contributed by atoms with E-state index in [0.29, 0.717) is 13.0 Å². The number of esters is 1. The van der Waals surface area contributed by atoms with Gasteiger partial charge >= 0.3 is 5.97 Å². The molecule has 1 N–H and O–H groups in total. The van der Waals surface area contributed by atoms with E-state index >= 15 is 0 Å². The summed E-state index contributed by atoms with van der Waals surface area (Å²) in [4.78, 5) is 26.6. The number of hydrogen-bond acceptors (Lipinski definition) is 4. The van der Waals surface area contributed by atoms with Crippen molar-refractivity contribution in [2.24, 2.45) is 0 Å². The minimum absolute atomic E-state index is 0.137. The maximum Gasteiger partial charge on any atom is 0.323 e. The standard InChI is InChI=1S/C21H24N2O3/c1-14-8-9-18(10-15(14)2)22-20(24)13-23-12-17-7-5-4-6-16(17)11-19(23)21(25)26-3/h4-10,19H,11-13H2,1-3H3,(H,22,24)/t19-/m1/s1. The van der Waals surface area contributed by atoms with Crippen molar-refractivity contribution in [1.82, 2.24) is 4.90 Å². The van der Waals surface area contributed by atoms with E-state index in [0.717, 1.165) is 22.4 Å². The zero-order valence-corrected chi connectivity index (χ0v) is 15.4. The lowest BCUT2D eigenvalue weighted by Gasteiger charge is -2.34. The highest BCUT2D eigenvalue weighted by Crippen LogP contribution is 2.24. The maximum absolute atomic E-state index is 12.5. The molecule has 0 spiro atoms. The minimum Gasteiger partial charge on any atom is -0.468 e. The summed E-state index contributed by atoms with van der Waals surface area (Å²) >= 11 is 0. The number of carbonyl (C=O) groups excluding carboxylic acids is 2. The molecule has 26 heavy (non-hydrogen) atoms. The molecule has 0 saturated heterocycles. The highest BCUT2D eigenvalue weighted by Gasteiger charge is 2.33. The van der Waals surface area contributed by atoms with E-state index < -0.39 is 6.04 Å². The number of aryl methyl sites for hydroxylation is 2. The van der Waals surface area contributed by atoms with Crippen molar-refractivity contribution in [2.75, 3.05) is 19.0 Å². The van der Waals surface area contributed by atoms with Gasteiger partial charge in [-0.2, -0.15) is 0 Å². The Morgan fingerprint density at radius 3 is 2.54 bits per heavy atom. The van der Waals surface area contributed by atoms with Crippen molar-refractivity contribution in [3.8, 4) is 0 Å². The molecular formula is C21H24N2O3. The Morgan fingerprint density at radius 2 is 1.85 bits per heavy atom. The molecule has 1 atom stereocenters. The van der Waals surface area contributed by atoms with Crippen molar-refractivity contribution >= 4 is 17.6 Å². The van der Waals surface area contributed by atoms with E-state index in [4.69, 9.17) is 4.74 Å². The number of hydrogen-bond donors (Lipinski definition) is 1. The number of amides is 1. The smallest absolute Gasteiger partial charge is 0.323 e. The third kappa shape index (κ3) is 3.94. The van der Waals surface area contributed by atoms with Gasteiger partial charge in [-0.1, -0.05) is 30.3 Å². The quantitative estimate of drug-likeness (QED) is 0.860. The Labute approximate surface area is 154 Å². The maximum atomic E-state index is 12.5. The fourth-order valence-corrected chi connectivity index (χ4v) is 3.32. The van der Waals surface area contributed by atoms with Gasteiger partial charge in [0.2, 0.25) is 5.91 Å². The van der Waals surface area contributed by atoms with Gasteiger partial charge in [0.25, 0.3) is 0 Å². The van der Waals surface area contributed by atoms with E-state index in [2.05, 4.69) is 5.32 Å². The predicted molar refractivity (Wildman–Crippen MR) is 101 cm³/mol. The van der Waals surface area contributed by atoms with Gasteiger partial charge in [-0.25, -0.2) is 0 Å². The van der Waals surface area contributed by atoms with Gasteiger partial charge in [-0.05, 0) is 54.7 Å². The number of nitrogens with zero attached hydrogens (tertiary/aromatic N) is 1. The lowest BCUT2D eigenvalue weighted by molar-refractivity contribution is -0.148. The predicted octanol–water partition coefficient (Wildman–Crippen LogP) is 2.84. The average molecular weight is 352 g/mol. The molecule has 0 saturated carbocycles. The highest BCUT2D eigenvalue weighted by molar-refractivity contribution is 5.92. The van der Waals surface area contributed by atoms with Crippen LogP contribution in [0, 0.1) is 13.8 Å². The molecule has 2 aromatic rings. The Kier molecular flexibility index (Phi) is 5.38. The van der Waals surface area contributed by atoms with E-state index in [1.807, 2.05) is 61.2 Å². The number of nitrogens with one attached hydrogen (secondary N) is 1. The van der Waals surface area contributed by atoms with E-state index in [9.17, 15) is 9.59 Å². The van der Waals surface area contributed by atoms with Gasteiger partial charge in [-0.15, -0.1) is 0 Å². The normalized spacial score (nSPS) is 16.7. The molecule has 136 valence electrons. The van der Waals surface area contributed by atoms with Crippen LogP contribution in [0.15, 0.2) is 42.5 Å².